The van der Waals surface area contributed by atoms with Crippen LogP contribution in [0, 0.1) is 20.8 Å². The van der Waals surface area contributed by atoms with Crippen LogP contribution >= 0.6 is 11.3 Å². The lowest BCUT2D eigenvalue weighted by molar-refractivity contribution is 0.0318. The van der Waals surface area contributed by atoms with Gasteiger partial charge in [-0.15, -0.1) is 21.5 Å². The zero-order chi connectivity index (χ0) is 25.1. The standard InChI is InChI=1S/C28H37N5O2S/c1-18-19(2)36-28-25(18)26(30-24(13-17-34-4)27-32-31-20(3)33(27)28)22-9-7-21(8-10-22)6-5-16-35-23-11-14-29-15-12-23/h7-10,23-24,29H,5-6,11-17H2,1-4H3/t24-/m0/s1. The number of nitrogens with zero attached hydrogens (tertiary/aromatic N) is 4. The number of hydrogen-bond donors (Lipinski definition) is 1. The van der Waals surface area contributed by atoms with E-state index in [-0.39, 0.29) is 6.04 Å². The van der Waals surface area contributed by atoms with Crippen molar-refractivity contribution in [1.82, 2.24) is 20.1 Å². The third kappa shape index (κ3) is 5.18. The summed E-state index contributed by atoms with van der Waals surface area (Å²) < 4.78 is 13.7. The van der Waals surface area contributed by atoms with Crippen LogP contribution in [0.5, 0.6) is 0 Å². The predicted octanol–water partition coefficient (Wildman–Crippen LogP) is 4.88. The number of hydrogen-bond acceptors (Lipinski definition) is 7. The van der Waals surface area contributed by atoms with E-state index in [1.807, 2.05) is 6.92 Å². The number of fused-ring (bicyclic) bond motifs is 3. The smallest absolute Gasteiger partial charge is 0.163 e. The van der Waals surface area contributed by atoms with Crippen molar-refractivity contribution in [1.29, 1.82) is 0 Å². The maximum atomic E-state index is 6.09. The van der Waals surface area contributed by atoms with Gasteiger partial charge in [0.25, 0.3) is 0 Å². The molecule has 7 nitrogen and oxygen atoms in total. The molecule has 0 radical (unpaired) electrons. The molecule has 0 spiro atoms. The fraction of sp³-hybridized carbons (Fsp3) is 0.536. The number of thiophene rings is 1. The minimum atomic E-state index is -0.104. The number of benzene rings is 1. The Morgan fingerprint density at radius 1 is 1.06 bits per heavy atom. The van der Waals surface area contributed by atoms with Crippen molar-refractivity contribution in [3.8, 4) is 5.00 Å². The Kier molecular flexibility index (Phi) is 7.96. The summed E-state index contributed by atoms with van der Waals surface area (Å²) in [6.45, 7) is 10.0. The van der Waals surface area contributed by atoms with Crippen molar-refractivity contribution in [3.05, 3.63) is 63.0 Å². The van der Waals surface area contributed by atoms with Gasteiger partial charge in [-0.1, -0.05) is 24.3 Å². The van der Waals surface area contributed by atoms with Crippen LogP contribution in [0.1, 0.15) is 70.5 Å². The van der Waals surface area contributed by atoms with Crippen LogP contribution in [-0.2, 0) is 15.9 Å². The highest BCUT2D eigenvalue weighted by Crippen LogP contribution is 2.39. The van der Waals surface area contributed by atoms with Crippen molar-refractivity contribution in [2.24, 2.45) is 4.99 Å². The Hall–Kier alpha value is -2.39. The lowest BCUT2D eigenvalue weighted by Gasteiger charge is -2.22. The molecule has 36 heavy (non-hydrogen) atoms. The van der Waals surface area contributed by atoms with Crippen LogP contribution < -0.4 is 5.32 Å². The molecule has 1 saturated heterocycles. The van der Waals surface area contributed by atoms with E-state index < -0.39 is 0 Å². The number of ether oxygens (including phenoxy) is 2. The summed E-state index contributed by atoms with van der Waals surface area (Å²) in [6.07, 6.45) is 5.51. The molecule has 0 saturated carbocycles. The van der Waals surface area contributed by atoms with E-state index in [0.717, 1.165) is 74.7 Å². The molecule has 0 amide bonds. The van der Waals surface area contributed by atoms with Gasteiger partial charge in [0, 0.05) is 42.7 Å². The Morgan fingerprint density at radius 2 is 1.83 bits per heavy atom. The molecule has 4 heterocycles. The van der Waals surface area contributed by atoms with Crippen molar-refractivity contribution in [2.75, 3.05) is 33.4 Å². The zero-order valence-electron chi connectivity index (χ0n) is 21.8. The summed E-state index contributed by atoms with van der Waals surface area (Å²) in [6, 6.07) is 8.84. The Morgan fingerprint density at radius 3 is 2.58 bits per heavy atom. The summed E-state index contributed by atoms with van der Waals surface area (Å²) >= 11 is 1.80. The molecule has 2 aliphatic rings. The second kappa shape index (κ2) is 11.3. The molecule has 0 aliphatic carbocycles. The first kappa shape index (κ1) is 25.3. The molecule has 5 rings (SSSR count). The molecule has 1 atom stereocenters. The van der Waals surface area contributed by atoms with Gasteiger partial charge in [0.05, 0.1) is 11.8 Å². The first-order valence-corrected chi connectivity index (χ1v) is 13.9. The molecular formula is C28H37N5O2S. The van der Waals surface area contributed by atoms with Gasteiger partial charge in [-0.3, -0.25) is 9.56 Å². The summed E-state index contributed by atoms with van der Waals surface area (Å²) in [7, 11) is 1.73. The van der Waals surface area contributed by atoms with E-state index in [2.05, 4.69) is 58.2 Å². The van der Waals surface area contributed by atoms with Crippen molar-refractivity contribution in [2.45, 2.75) is 65.0 Å². The third-order valence-electron chi connectivity index (χ3n) is 7.31. The average Bonchev–Trinajstić information content (AvgIpc) is 3.37. The molecule has 192 valence electrons. The van der Waals surface area contributed by atoms with Gasteiger partial charge in [-0.2, -0.15) is 0 Å². The van der Waals surface area contributed by atoms with E-state index in [4.69, 9.17) is 14.5 Å². The van der Waals surface area contributed by atoms with Gasteiger partial charge in [0.2, 0.25) is 0 Å². The van der Waals surface area contributed by atoms with Gasteiger partial charge in [0.1, 0.15) is 16.9 Å². The molecule has 2 aliphatic heterocycles. The fourth-order valence-corrected chi connectivity index (χ4v) is 6.34. The number of rotatable bonds is 9. The van der Waals surface area contributed by atoms with Crippen LogP contribution in [-0.4, -0.2) is 60.0 Å². The molecular weight excluding hydrogens is 470 g/mol. The van der Waals surface area contributed by atoms with E-state index in [9.17, 15) is 0 Å². The minimum Gasteiger partial charge on any atom is -0.385 e. The summed E-state index contributed by atoms with van der Waals surface area (Å²) in [5.74, 6) is 1.79. The van der Waals surface area contributed by atoms with Crippen molar-refractivity contribution in [3.63, 3.8) is 0 Å². The van der Waals surface area contributed by atoms with Crippen LogP contribution in [0.2, 0.25) is 0 Å². The number of aromatic nitrogens is 3. The molecule has 1 fully saturated rings. The second-order valence-electron chi connectivity index (χ2n) is 9.80. The monoisotopic (exact) mass is 507 g/mol. The number of aliphatic imine (C=N–C) groups is 1. The van der Waals surface area contributed by atoms with Gasteiger partial charge >= 0.3 is 0 Å². The topological polar surface area (TPSA) is 73.6 Å². The van der Waals surface area contributed by atoms with E-state index >= 15 is 0 Å². The first-order chi connectivity index (χ1) is 17.6. The highest BCUT2D eigenvalue weighted by Gasteiger charge is 2.31. The highest BCUT2D eigenvalue weighted by atomic mass is 32.1. The summed E-state index contributed by atoms with van der Waals surface area (Å²) in [5.41, 5.74) is 6.00. The Labute approximate surface area is 218 Å². The summed E-state index contributed by atoms with van der Waals surface area (Å²) in [4.78, 5) is 6.60. The normalized spacial score (nSPS) is 18.0. The average molecular weight is 508 g/mol. The van der Waals surface area contributed by atoms with E-state index in [1.54, 1.807) is 18.4 Å². The van der Waals surface area contributed by atoms with Crippen LogP contribution in [0.3, 0.4) is 0 Å². The number of nitrogens with one attached hydrogen (secondary N) is 1. The molecule has 3 aromatic rings. The maximum absolute atomic E-state index is 6.09. The number of methoxy groups -OCH3 is 1. The molecule has 0 unspecified atom stereocenters. The van der Waals surface area contributed by atoms with Crippen LogP contribution in [0.4, 0.5) is 0 Å². The first-order valence-electron chi connectivity index (χ1n) is 13.1. The lowest BCUT2D eigenvalue weighted by atomic mass is 9.98. The number of aryl methyl sites for hydroxylation is 3. The maximum Gasteiger partial charge on any atom is 0.163 e. The molecule has 1 N–H and O–H groups in total. The van der Waals surface area contributed by atoms with Crippen LogP contribution in [0.15, 0.2) is 29.3 Å². The Balaban J connectivity index is 1.38. The minimum absolute atomic E-state index is 0.104. The van der Waals surface area contributed by atoms with Gasteiger partial charge < -0.3 is 14.8 Å². The van der Waals surface area contributed by atoms with Crippen molar-refractivity contribution >= 4 is 17.0 Å². The molecule has 1 aromatic carbocycles. The molecule has 0 bridgehead atoms. The SMILES string of the molecule is COCC[C@@H]1N=C(c2ccc(CCCOC3CCNCC3)cc2)c2c(sc(C)c2C)-n2c(C)nnc21. The summed E-state index contributed by atoms with van der Waals surface area (Å²) in [5, 5.41) is 13.5. The lowest BCUT2D eigenvalue weighted by Crippen LogP contribution is -2.32. The highest BCUT2D eigenvalue weighted by molar-refractivity contribution is 7.15. The third-order valence-corrected chi connectivity index (χ3v) is 8.50. The molecule has 2 aromatic heterocycles. The zero-order valence-corrected chi connectivity index (χ0v) is 22.7. The number of piperidine rings is 1. The van der Waals surface area contributed by atoms with Crippen molar-refractivity contribution < 1.29 is 9.47 Å². The van der Waals surface area contributed by atoms with E-state index in [1.165, 1.54) is 26.6 Å². The predicted molar refractivity (Wildman–Crippen MR) is 145 cm³/mol. The van der Waals surface area contributed by atoms with Gasteiger partial charge in [-0.25, -0.2) is 0 Å². The fourth-order valence-electron chi connectivity index (χ4n) is 5.13. The van der Waals surface area contributed by atoms with Gasteiger partial charge in [0.15, 0.2) is 5.82 Å². The van der Waals surface area contributed by atoms with Gasteiger partial charge in [-0.05, 0) is 70.7 Å². The Bertz CT molecular complexity index is 1210. The second-order valence-corrected chi connectivity index (χ2v) is 11.0. The molecule has 8 heteroatoms. The van der Waals surface area contributed by atoms with Crippen LogP contribution in [0.25, 0.3) is 5.00 Å². The quantitative estimate of drug-likeness (QED) is 0.418. The largest absolute Gasteiger partial charge is 0.385 e. The van der Waals surface area contributed by atoms with E-state index in [0.29, 0.717) is 12.7 Å².